The quantitative estimate of drug-likeness (QED) is 0.674. The van der Waals surface area contributed by atoms with Gasteiger partial charge in [0, 0.05) is 18.3 Å². The second kappa shape index (κ2) is 7.61. The van der Waals surface area contributed by atoms with Crippen molar-refractivity contribution in [3.8, 4) is 17.1 Å². The van der Waals surface area contributed by atoms with Gasteiger partial charge in [0.05, 0.1) is 5.75 Å². The van der Waals surface area contributed by atoms with E-state index in [-0.39, 0.29) is 17.4 Å². The van der Waals surface area contributed by atoms with Crippen molar-refractivity contribution in [1.82, 2.24) is 14.8 Å². The van der Waals surface area contributed by atoms with Gasteiger partial charge < -0.3 is 15.0 Å². The SMILES string of the molecule is Cc1cc(C)cc(NC(=O)CSc2nnc(-c3ccc(O)cc3)n2C)c1. The predicted molar refractivity (Wildman–Crippen MR) is 103 cm³/mol. The summed E-state index contributed by atoms with van der Waals surface area (Å²) >= 11 is 1.33. The molecule has 0 unspecified atom stereocenters. The highest BCUT2D eigenvalue weighted by molar-refractivity contribution is 7.99. The van der Waals surface area contributed by atoms with Crippen molar-refractivity contribution in [2.45, 2.75) is 19.0 Å². The second-order valence-corrected chi connectivity index (χ2v) is 7.07. The predicted octanol–water partition coefficient (Wildman–Crippen LogP) is 3.54. The number of benzene rings is 2. The molecule has 0 spiro atoms. The van der Waals surface area contributed by atoms with Gasteiger partial charge >= 0.3 is 0 Å². The van der Waals surface area contributed by atoms with Crippen LogP contribution >= 0.6 is 11.8 Å². The fourth-order valence-electron chi connectivity index (χ4n) is 2.68. The Morgan fingerprint density at radius 3 is 2.42 bits per heavy atom. The lowest BCUT2D eigenvalue weighted by molar-refractivity contribution is -0.113. The number of hydrogen-bond acceptors (Lipinski definition) is 5. The van der Waals surface area contributed by atoms with E-state index in [2.05, 4.69) is 21.6 Å². The number of phenolic OH excluding ortho intramolecular Hbond substituents is 1. The van der Waals surface area contributed by atoms with Crippen molar-refractivity contribution in [2.75, 3.05) is 11.1 Å². The summed E-state index contributed by atoms with van der Waals surface area (Å²) in [6.07, 6.45) is 0. The molecule has 1 heterocycles. The maximum Gasteiger partial charge on any atom is 0.234 e. The average Bonchev–Trinajstić information content (AvgIpc) is 2.93. The van der Waals surface area contributed by atoms with Crippen LogP contribution in [-0.4, -0.2) is 31.5 Å². The molecule has 2 N–H and O–H groups in total. The van der Waals surface area contributed by atoms with Gasteiger partial charge in [0.25, 0.3) is 0 Å². The molecule has 6 nitrogen and oxygen atoms in total. The number of aromatic hydroxyl groups is 1. The Bertz CT molecular complexity index is 915. The van der Waals surface area contributed by atoms with Gasteiger partial charge in [0.15, 0.2) is 11.0 Å². The lowest BCUT2D eigenvalue weighted by atomic mass is 10.1. The maximum absolute atomic E-state index is 12.2. The van der Waals surface area contributed by atoms with Gasteiger partial charge in [0.2, 0.25) is 5.91 Å². The van der Waals surface area contributed by atoms with Gasteiger partial charge in [-0.3, -0.25) is 4.79 Å². The number of hydrogen-bond donors (Lipinski definition) is 2. The number of phenols is 1. The third kappa shape index (κ3) is 4.23. The van der Waals surface area contributed by atoms with Crippen LogP contribution in [0, 0.1) is 13.8 Å². The van der Waals surface area contributed by atoms with E-state index in [4.69, 9.17) is 0 Å². The van der Waals surface area contributed by atoms with Crippen molar-refractivity contribution in [1.29, 1.82) is 0 Å². The molecule has 0 aliphatic rings. The fourth-order valence-corrected chi connectivity index (χ4v) is 3.39. The highest BCUT2D eigenvalue weighted by Crippen LogP contribution is 2.24. The minimum Gasteiger partial charge on any atom is -0.508 e. The summed E-state index contributed by atoms with van der Waals surface area (Å²) in [5.74, 6) is 1.04. The molecule has 3 aromatic rings. The van der Waals surface area contributed by atoms with Crippen LogP contribution in [0.3, 0.4) is 0 Å². The Morgan fingerprint density at radius 2 is 1.77 bits per heavy atom. The standard InChI is InChI=1S/C19H20N4O2S/c1-12-8-13(2)10-15(9-12)20-17(25)11-26-19-22-21-18(23(19)3)14-4-6-16(24)7-5-14/h4-10,24H,11H2,1-3H3,(H,20,25). The molecule has 7 heteroatoms. The van der Waals surface area contributed by atoms with Crippen molar-refractivity contribution in [3.05, 3.63) is 53.6 Å². The van der Waals surface area contributed by atoms with E-state index in [0.29, 0.717) is 11.0 Å². The van der Waals surface area contributed by atoms with Crippen molar-refractivity contribution in [2.24, 2.45) is 7.05 Å². The first-order valence-corrected chi connectivity index (χ1v) is 9.10. The number of nitrogens with zero attached hydrogens (tertiary/aromatic N) is 3. The summed E-state index contributed by atoms with van der Waals surface area (Å²) in [5.41, 5.74) is 3.87. The fraction of sp³-hybridized carbons (Fsp3) is 0.211. The van der Waals surface area contributed by atoms with E-state index in [0.717, 1.165) is 22.4 Å². The smallest absolute Gasteiger partial charge is 0.234 e. The van der Waals surface area contributed by atoms with Crippen LogP contribution in [0.4, 0.5) is 5.69 Å². The molecule has 26 heavy (non-hydrogen) atoms. The van der Waals surface area contributed by atoms with Gasteiger partial charge in [-0.2, -0.15) is 0 Å². The summed E-state index contributed by atoms with van der Waals surface area (Å²) in [5, 5.41) is 21.3. The lowest BCUT2D eigenvalue weighted by Gasteiger charge is -2.07. The summed E-state index contributed by atoms with van der Waals surface area (Å²) in [6.45, 7) is 4.00. The largest absolute Gasteiger partial charge is 0.508 e. The van der Waals surface area contributed by atoms with Gasteiger partial charge in [0.1, 0.15) is 5.75 Å². The number of thioether (sulfide) groups is 1. The molecule has 0 bridgehead atoms. The summed E-state index contributed by atoms with van der Waals surface area (Å²) in [4.78, 5) is 12.2. The van der Waals surface area contributed by atoms with Crippen LogP contribution in [0.25, 0.3) is 11.4 Å². The van der Waals surface area contributed by atoms with Crippen LogP contribution in [-0.2, 0) is 11.8 Å². The van der Waals surface area contributed by atoms with Crippen molar-refractivity contribution < 1.29 is 9.90 Å². The Kier molecular flexibility index (Phi) is 5.27. The molecule has 0 saturated heterocycles. The van der Waals surface area contributed by atoms with Gasteiger partial charge in [-0.05, 0) is 61.4 Å². The zero-order chi connectivity index (χ0) is 18.7. The number of amides is 1. The molecule has 1 amide bonds. The minimum absolute atomic E-state index is 0.0887. The molecule has 0 atom stereocenters. The first kappa shape index (κ1) is 18.0. The van der Waals surface area contributed by atoms with E-state index in [1.54, 1.807) is 24.3 Å². The van der Waals surface area contributed by atoms with Crippen LogP contribution in [0.5, 0.6) is 5.75 Å². The number of nitrogens with one attached hydrogen (secondary N) is 1. The Labute approximate surface area is 156 Å². The topological polar surface area (TPSA) is 80.0 Å². The van der Waals surface area contributed by atoms with E-state index in [1.807, 2.05) is 37.6 Å². The highest BCUT2D eigenvalue weighted by atomic mass is 32.2. The molecule has 0 aliphatic carbocycles. The Balaban J connectivity index is 1.64. The molecule has 0 radical (unpaired) electrons. The third-order valence-electron chi connectivity index (χ3n) is 3.80. The molecular weight excluding hydrogens is 348 g/mol. The van der Waals surface area contributed by atoms with Crippen molar-refractivity contribution in [3.63, 3.8) is 0 Å². The molecule has 0 saturated carbocycles. The molecule has 1 aromatic heterocycles. The van der Waals surface area contributed by atoms with E-state index in [9.17, 15) is 9.90 Å². The minimum atomic E-state index is -0.0887. The van der Waals surface area contributed by atoms with Gasteiger partial charge in [-0.25, -0.2) is 0 Å². The first-order valence-electron chi connectivity index (χ1n) is 8.12. The number of anilines is 1. The maximum atomic E-state index is 12.2. The molecule has 0 aliphatic heterocycles. The number of carbonyl (C=O) groups is 1. The van der Waals surface area contributed by atoms with E-state index < -0.39 is 0 Å². The Morgan fingerprint density at radius 1 is 1.12 bits per heavy atom. The van der Waals surface area contributed by atoms with Crippen LogP contribution in [0.15, 0.2) is 47.6 Å². The zero-order valence-electron chi connectivity index (χ0n) is 14.9. The normalized spacial score (nSPS) is 10.7. The van der Waals surface area contributed by atoms with Crippen LogP contribution < -0.4 is 5.32 Å². The van der Waals surface area contributed by atoms with Gasteiger partial charge in [-0.15, -0.1) is 10.2 Å². The zero-order valence-corrected chi connectivity index (χ0v) is 15.7. The van der Waals surface area contributed by atoms with Crippen molar-refractivity contribution >= 4 is 23.4 Å². The number of aryl methyl sites for hydroxylation is 2. The summed E-state index contributed by atoms with van der Waals surface area (Å²) in [7, 11) is 1.85. The summed E-state index contributed by atoms with van der Waals surface area (Å²) in [6, 6.07) is 12.7. The monoisotopic (exact) mass is 368 g/mol. The van der Waals surface area contributed by atoms with Crippen LogP contribution in [0.2, 0.25) is 0 Å². The number of rotatable bonds is 5. The summed E-state index contributed by atoms with van der Waals surface area (Å²) < 4.78 is 1.83. The molecule has 2 aromatic carbocycles. The Hall–Kier alpha value is -2.80. The second-order valence-electron chi connectivity index (χ2n) is 6.13. The molecule has 0 fully saturated rings. The van der Waals surface area contributed by atoms with Gasteiger partial charge in [-0.1, -0.05) is 17.8 Å². The molecular formula is C19H20N4O2S. The van der Waals surface area contributed by atoms with Crippen LogP contribution in [0.1, 0.15) is 11.1 Å². The molecule has 134 valence electrons. The first-order chi connectivity index (χ1) is 12.4. The molecule has 3 rings (SSSR count). The highest BCUT2D eigenvalue weighted by Gasteiger charge is 2.13. The third-order valence-corrected chi connectivity index (χ3v) is 4.82. The average molecular weight is 368 g/mol. The van der Waals surface area contributed by atoms with E-state index >= 15 is 0 Å². The number of carbonyl (C=O) groups excluding carboxylic acids is 1. The lowest BCUT2D eigenvalue weighted by Crippen LogP contribution is -2.14. The number of aromatic nitrogens is 3. The van der Waals surface area contributed by atoms with E-state index in [1.165, 1.54) is 11.8 Å².